The molecule has 1 aliphatic heterocycles. The van der Waals surface area contributed by atoms with Crippen LogP contribution in [0.25, 0.3) is 17.0 Å². The van der Waals surface area contributed by atoms with E-state index in [1.807, 2.05) is 68.4 Å². The van der Waals surface area contributed by atoms with Crippen molar-refractivity contribution in [2.75, 3.05) is 7.11 Å². The molecule has 37 heavy (non-hydrogen) atoms. The van der Waals surface area contributed by atoms with Gasteiger partial charge in [0.2, 0.25) is 5.82 Å². The van der Waals surface area contributed by atoms with Gasteiger partial charge in [-0.15, -0.1) is 0 Å². The molecule has 4 aromatic rings. The fraction of sp³-hybridized carbons (Fsp3) is 0.233. The Morgan fingerprint density at radius 3 is 2.43 bits per heavy atom. The summed E-state index contributed by atoms with van der Waals surface area (Å²) in [5, 5.41) is 7.43. The zero-order valence-electron chi connectivity index (χ0n) is 21.5. The van der Waals surface area contributed by atoms with Gasteiger partial charge in [-0.3, -0.25) is 4.90 Å². The third-order valence-corrected chi connectivity index (χ3v) is 6.75. The highest BCUT2D eigenvalue weighted by atomic mass is 16.5. The van der Waals surface area contributed by atoms with E-state index in [1.54, 1.807) is 12.0 Å². The molecule has 3 aromatic carbocycles. The number of carbonyl (C=O) groups is 1. The number of benzene rings is 3. The van der Waals surface area contributed by atoms with Gasteiger partial charge in [0.05, 0.1) is 25.3 Å². The molecule has 0 aliphatic carbocycles. The standard InChI is InChI=1S/C30H30N4O3/c1-5-21-9-11-24(12-10-21)28-32-29(37-33-28)26-20(3)34(18-22-8-6-7-19(2)17-22)30(35)31-27(26)23-13-15-25(36-4)16-14-23/h6-17,27H,5,18H2,1-4H3,(H,31,35). The fourth-order valence-corrected chi connectivity index (χ4v) is 4.63. The zero-order valence-corrected chi connectivity index (χ0v) is 21.5. The Balaban J connectivity index is 1.57. The summed E-state index contributed by atoms with van der Waals surface area (Å²) in [5.41, 5.74) is 6.73. The number of nitrogens with zero attached hydrogens (tertiary/aromatic N) is 3. The first-order valence-corrected chi connectivity index (χ1v) is 12.4. The van der Waals surface area contributed by atoms with Crippen LogP contribution in [0.3, 0.4) is 0 Å². The molecule has 5 rings (SSSR count). The second kappa shape index (κ2) is 10.3. The topological polar surface area (TPSA) is 80.5 Å². The van der Waals surface area contributed by atoms with Gasteiger partial charge in [0, 0.05) is 11.3 Å². The van der Waals surface area contributed by atoms with E-state index in [2.05, 4.69) is 35.6 Å². The van der Waals surface area contributed by atoms with Gasteiger partial charge >= 0.3 is 6.03 Å². The molecule has 1 unspecified atom stereocenters. The van der Waals surface area contributed by atoms with Gasteiger partial charge in [0.15, 0.2) is 0 Å². The summed E-state index contributed by atoms with van der Waals surface area (Å²) in [5.74, 6) is 1.63. The predicted molar refractivity (Wildman–Crippen MR) is 143 cm³/mol. The number of amides is 2. The summed E-state index contributed by atoms with van der Waals surface area (Å²) in [6, 6.07) is 23.3. The Morgan fingerprint density at radius 2 is 1.76 bits per heavy atom. The van der Waals surface area contributed by atoms with Crippen molar-refractivity contribution < 1.29 is 14.1 Å². The highest BCUT2D eigenvalue weighted by Gasteiger charge is 2.35. The molecular weight excluding hydrogens is 464 g/mol. The van der Waals surface area contributed by atoms with Crippen LogP contribution in [0.1, 0.15) is 48.0 Å². The molecule has 1 atom stereocenters. The SMILES string of the molecule is CCc1ccc(-c2noc(C3=C(C)N(Cc4cccc(C)c4)C(=O)NC3c3ccc(OC)cc3)n2)cc1. The van der Waals surface area contributed by atoms with Crippen molar-refractivity contribution >= 4 is 11.6 Å². The van der Waals surface area contributed by atoms with Crippen LogP contribution >= 0.6 is 0 Å². The Labute approximate surface area is 216 Å². The van der Waals surface area contributed by atoms with Crippen molar-refractivity contribution in [1.82, 2.24) is 20.4 Å². The van der Waals surface area contributed by atoms with Crippen LogP contribution in [0.5, 0.6) is 5.75 Å². The number of hydrogen-bond donors (Lipinski definition) is 1. The van der Waals surface area contributed by atoms with Crippen LogP contribution in [-0.2, 0) is 13.0 Å². The summed E-state index contributed by atoms with van der Waals surface area (Å²) in [6.45, 7) is 6.52. The predicted octanol–water partition coefficient (Wildman–Crippen LogP) is 6.31. The van der Waals surface area contributed by atoms with Crippen LogP contribution in [0.4, 0.5) is 4.79 Å². The first-order valence-electron chi connectivity index (χ1n) is 12.4. The minimum absolute atomic E-state index is 0.182. The number of urea groups is 1. The van der Waals surface area contributed by atoms with Gasteiger partial charge in [-0.05, 0) is 49.1 Å². The highest BCUT2D eigenvalue weighted by Crippen LogP contribution is 2.38. The lowest BCUT2D eigenvalue weighted by Crippen LogP contribution is -2.45. The number of allylic oxidation sites excluding steroid dienone is 1. The normalized spacial score (nSPS) is 15.6. The average Bonchev–Trinajstić information content (AvgIpc) is 3.40. The monoisotopic (exact) mass is 494 g/mol. The fourth-order valence-electron chi connectivity index (χ4n) is 4.63. The van der Waals surface area contributed by atoms with Crippen LogP contribution in [0, 0.1) is 6.92 Å². The van der Waals surface area contributed by atoms with Crippen LogP contribution < -0.4 is 10.1 Å². The van der Waals surface area contributed by atoms with E-state index in [1.165, 1.54) is 5.56 Å². The minimum Gasteiger partial charge on any atom is -0.497 e. The van der Waals surface area contributed by atoms with Gasteiger partial charge in [-0.2, -0.15) is 4.98 Å². The molecule has 2 amide bonds. The molecule has 0 spiro atoms. The zero-order chi connectivity index (χ0) is 25.9. The van der Waals surface area contributed by atoms with Gasteiger partial charge < -0.3 is 14.6 Å². The number of aromatic nitrogens is 2. The second-order valence-corrected chi connectivity index (χ2v) is 9.20. The van der Waals surface area contributed by atoms with Crippen molar-refractivity contribution in [2.45, 2.75) is 39.8 Å². The Kier molecular flexibility index (Phi) is 6.77. The Hall–Kier alpha value is -4.39. The molecule has 2 heterocycles. The molecular formula is C30H30N4O3. The molecule has 0 saturated carbocycles. The third-order valence-electron chi connectivity index (χ3n) is 6.75. The first-order chi connectivity index (χ1) is 18.0. The lowest BCUT2D eigenvalue weighted by molar-refractivity contribution is 0.203. The Morgan fingerprint density at radius 1 is 1.00 bits per heavy atom. The van der Waals surface area contributed by atoms with Crippen molar-refractivity contribution in [3.63, 3.8) is 0 Å². The van der Waals surface area contributed by atoms with Gasteiger partial charge in [-0.1, -0.05) is 78.3 Å². The highest BCUT2D eigenvalue weighted by molar-refractivity contribution is 5.87. The van der Waals surface area contributed by atoms with Gasteiger partial charge in [0.25, 0.3) is 5.89 Å². The maximum Gasteiger partial charge on any atom is 0.322 e. The van der Waals surface area contributed by atoms with Crippen LogP contribution in [0.2, 0.25) is 0 Å². The Bertz CT molecular complexity index is 1440. The number of hydrogen-bond acceptors (Lipinski definition) is 5. The number of carbonyl (C=O) groups excluding carboxylic acids is 1. The summed E-state index contributed by atoms with van der Waals surface area (Å²) >= 11 is 0. The molecule has 1 aromatic heterocycles. The van der Waals surface area contributed by atoms with E-state index in [0.29, 0.717) is 18.3 Å². The third kappa shape index (κ3) is 4.98. The summed E-state index contributed by atoms with van der Waals surface area (Å²) in [6.07, 6.45) is 0.962. The molecule has 0 fully saturated rings. The maximum absolute atomic E-state index is 13.4. The maximum atomic E-state index is 13.4. The first kappa shape index (κ1) is 24.3. The van der Waals surface area contributed by atoms with Crippen molar-refractivity contribution in [3.8, 4) is 17.1 Å². The molecule has 0 saturated heterocycles. The lowest BCUT2D eigenvalue weighted by Gasteiger charge is -2.35. The van der Waals surface area contributed by atoms with E-state index in [0.717, 1.165) is 45.7 Å². The minimum atomic E-state index is -0.456. The van der Waals surface area contributed by atoms with E-state index in [9.17, 15) is 4.79 Å². The van der Waals surface area contributed by atoms with E-state index >= 15 is 0 Å². The van der Waals surface area contributed by atoms with E-state index < -0.39 is 6.04 Å². The average molecular weight is 495 g/mol. The van der Waals surface area contributed by atoms with E-state index in [-0.39, 0.29) is 6.03 Å². The quantitative estimate of drug-likeness (QED) is 0.325. The van der Waals surface area contributed by atoms with E-state index in [4.69, 9.17) is 14.2 Å². The lowest BCUT2D eigenvalue weighted by atomic mass is 9.94. The summed E-state index contributed by atoms with van der Waals surface area (Å²) in [7, 11) is 1.63. The molecule has 1 aliphatic rings. The molecule has 188 valence electrons. The number of ether oxygens (including phenoxy) is 1. The van der Waals surface area contributed by atoms with Crippen molar-refractivity contribution in [1.29, 1.82) is 0 Å². The number of rotatable bonds is 7. The molecule has 7 heteroatoms. The number of nitrogens with one attached hydrogen (secondary N) is 1. The molecule has 1 N–H and O–H groups in total. The smallest absolute Gasteiger partial charge is 0.322 e. The van der Waals surface area contributed by atoms with Gasteiger partial charge in [-0.25, -0.2) is 4.79 Å². The van der Waals surface area contributed by atoms with Crippen LogP contribution in [0.15, 0.2) is 83.0 Å². The summed E-state index contributed by atoms with van der Waals surface area (Å²) < 4.78 is 11.1. The van der Waals surface area contributed by atoms with Gasteiger partial charge in [0.1, 0.15) is 5.75 Å². The molecule has 7 nitrogen and oxygen atoms in total. The van der Waals surface area contributed by atoms with Crippen LogP contribution in [-0.4, -0.2) is 28.2 Å². The number of methoxy groups -OCH3 is 1. The van der Waals surface area contributed by atoms with Crippen molar-refractivity contribution in [2.24, 2.45) is 0 Å². The molecule has 0 radical (unpaired) electrons. The summed E-state index contributed by atoms with van der Waals surface area (Å²) in [4.78, 5) is 19.8. The second-order valence-electron chi connectivity index (χ2n) is 9.20. The van der Waals surface area contributed by atoms with Crippen molar-refractivity contribution in [3.05, 3.63) is 107 Å². The molecule has 0 bridgehead atoms. The largest absolute Gasteiger partial charge is 0.497 e. The number of aryl methyl sites for hydroxylation is 2.